The van der Waals surface area contributed by atoms with Gasteiger partial charge in [0.05, 0.1) is 10.9 Å². The zero-order chi connectivity index (χ0) is 20.4. The van der Waals surface area contributed by atoms with Gasteiger partial charge in [0, 0.05) is 0 Å². The first-order chi connectivity index (χ1) is 14.0. The maximum atomic E-state index is 12.9. The average molecular weight is 388 g/mol. The summed E-state index contributed by atoms with van der Waals surface area (Å²) in [5, 5.41) is 10.4. The third kappa shape index (κ3) is 3.77. The van der Waals surface area contributed by atoms with Gasteiger partial charge in [0.2, 0.25) is 5.91 Å². The van der Waals surface area contributed by atoms with E-state index in [1.165, 1.54) is 4.57 Å². The van der Waals surface area contributed by atoms with Crippen molar-refractivity contribution in [3.8, 4) is 0 Å². The Balaban J connectivity index is 1.64. The van der Waals surface area contributed by atoms with Crippen LogP contribution in [-0.4, -0.2) is 30.6 Å². The Hall–Kier alpha value is -3.81. The SMILES string of the molecule is Cc1nc(C(NC(=O)Cn2c(C)nc3ccccc3c2=O)c2ccccc2)n[nH]1. The van der Waals surface area contributed by atoms with Gasteiger partial charge in [-0.2, -0.15) is 5.10 Å². The first kappa shape index (κ1) is 18.5. The van der Waals surface area contributed by atoms with Crippen LogP contribution in [0.15, 0.2) is 59.4 Å². The number of hydrogen-bond acceptors (Lipinski definition) is 5. The summed E-state index contributed by atoms with van der Waals surface area (Å²) in [5.41, 5.74) is 1.22. The molecule has 2 N–H and O–H groups in total. The first-order valence-corrected chi connectivity index (χ1v) is 9.22. The quantitative estimate of drug-likeness (QED) is 0.544. The number of nitrogens with zero attached hydrogens (tertiary/aromatic N) is 4. The number of H-pyrrole nitrogens is 1. The van der Waals surface area contributed by atoms with Crippen molar-refractivity contribution in [3.05, 3.63) is 88.0 Å². The smallest absolute Gasteiger partial charge is 0.261 e. The van der Waals surface area contributed by atoms with E-state index in [2.05, 4.69) is 25.5 Å². The molecule has 0 saturated carbocycles. The van der Waals surface area contributed by atoms with Crippen LogP contribution in [0.1, 0.15) is 29.1 Å². The number of aryl methyl sites for hydroxylation is 2. The van der Waals surface area contributed by atoms with E-state index in [-0.39, 0.29) is 18.0 Å². The van der Waals surface area contributed by atoms with Gasteiger partial charge in [-0.15, -0.1) is 0 Å². The largest absolute Gasteiger partial charge is 0.340 e. The number of fused-ring (bicyclic) bond motifs is 1. The van der Waals surface area contributed by atoms with Crippen molar-refractivity contribution in [3.63, 3.8) is 0 Å². The van der Waals surface area contributed by atoms with E-state index in [9.17, 15) is 9.59 Å². The number of carbonyl (C=O) groups excluding carboxylic acids is 1. The minimum absolute atomic E-state index is 0.144. The van der Waals surface area contributed by atoms with Crippen LogP contribution >= 0.6 is 0 Å². The molecular weight excluding hydrogens is 368 g/mol. The average Bonchev–Trinajstić information content (AvgIpc) is 3.16. The molecule has 4 rings (SSSR count). The lowest BCUT2D eigenvalue weighted by atomic mass is 10.1. The van der Waals surface area contributed by atoms with Gasteiger partial charge >= 0.3 is 0 Å². The summed E-state index contributed by atoms with van der Waals surface area (Å²) >= 11 is 0. The van der Waals surface area contributed by atoms with E-state index in [0.29, 0.717) is 28.4 Å². The predicted octanol–water partition coefficient (Wildman–Crippen LogP) is 2.04. The fraction of sp³-hybridized carbons (Fsp3) is 0.190. The summed E-state index contributed by atoms with van der Waals surface area (Å²) in [6, 6.07) is 16.0. The number of aromatic nitrogens is 5. The Bertz CT molecular complexity index is 1230. The topological polar surface area (TPSA) is 106 Å². The highest BCUT2D eigenvalue weighted by Crippen LogP contribution is 2.19. The molecule has 146 valence electrons. The highest BCUT2D eigenvalue weighted by atomic mass is 16.2. The van der Waals surface area contributed by atoms with E-state index in [1.54, 1.807) is 32.0 Å². The molecule has 0 aliphatic rings. The van der Waals surface area contributed by atoms with E-state index >= 15 is 0 Å². The monoisotopic (exact) mass is 388 g/mol. The number of carbonyl (C=O) groups is 1. The molecule has 0 bridgehead atoms. The standard InChI is InChI=1S/C21H20N6O2/c1-13-22-20(26-25-13)19(15-8-4-3-5-9-15)24-18(28)12-27-14(2)23-17-11-7-6-10-16(17)21(27)29/h3-11,19H,12H2,1-2H3,(H,24,28)(H,22,25,26). The van der Waals surface area contributed by atoms with Crippen molar-refractivity contribution in [2.45, 2.75) is 26.4 Å². The molecule has 4 aromatic rings. The Morgan fingerprint density at radius 3 is 2.52 bits per heavy atom. The number of para-hydroxylation sites is 1. The molecule has 8 heteroatoms. The van der Waals surface area contributed by atoms with Crippen molar-refractivity contribution in [2.75, 3.05) is 0 Å². The molecule has 0 saturated heterocycles. The molecule has 0 radical (unpaired) electrons. The Labute approximate surface area is 166 Å². The van der Waals surface area contributed by atoms with Crippen LogP contribution in [0.5, 0.6) is 0 Å². The number of aromatic amines is 1. The number of hydrogen-bond donors (Lipinski definition) is 2. The molecule has 0 spiro atoms. The lowest BCUT2D eigenvalue weighted by Gasteiger charge is -2.17. The van der Waals surface area contributed by atoms with Crippen molar-refractivity contribution in [1.29, 1.82) is 0 Å². The van der Waals surface area contributed by atoms with Crippen molar-refractivity contribution in [1.82, 2.24) is 30.0 Å². The number of benzene rings is 2. The van der Waals surface area contributed by atoms with E-state index in [1.807, 2.05) is 36.4 Å². The third-order valence-electron chi connectivity index (χ3n) is 4.67. The van der Waals surface area contributed by atoms with Gasteiger partial charge in [0.15, 0.2) is 5.82 Å². The maximum Gasteiger partial charge on any atom is 0.261 e. The second-order valence-corrected chi connectivity index (χ2v) is 6.76. The van der Waals surface area contributed by atoms with Crippen LogP contribution in [0.2, 0.25) is 0 Å². The van der Waals surface area contributed by atoms with Crippen LogP contribution in [0.25, 0.3) is 10.9 Å². The predicted molar refractivity (Wildman–Crippen MR) is 108 cm³/mol. The van der Waals surface area contributed by atoms with Gasteiger partial charge in [0.25, 0.3) is 5.56 Å². The zero-order valence-corrected chi connectivity index (χ0v) is 16.1. The third-order valence-corrected chi connectivity index (χ3v) is 4.67. The van der Waals surface area contributed by atoms with Crippen LogP contribution in [-0.2, 0) is 11.3 Å². The van der Waals surface area contributed by atoms with Gasteiger partial charge in [-0.25, -0.2) is 9.97 Å². The van der Waals surface area contributed by atoms with E-state index in [0.717, 1.165) is 5.56 Å². The summed E-state index contributed by atoms with van der Waals surface area (Å²) in [5.74, 6) is 1.26. The molecule has 8 nitrogen and oxygen atoms in total. The van der Waals surface area contributed by atoms with Crippen molar-refractivity contribution in [2.24, 2.45) is 0 Å². The highest BCUT2D eigenvalue weighted by molar-refractivity contribution is 5.79. The fourth-order valence-corrected chi connectivity index (χ4v) is 3.25. The van der Waals surface area contributed by atoms with E-state index < -0.39 is 6.04 Å². The van der Waals surface area contributed by atoms with Crippen LogP contribution in [0.4, 0.5) is 0 Å². The zero-order valence-electron chi connectivity index (χ0n) is 16.1. The minimum Gasteiger partial charge on any atom is -0.340 e. The van der Waals surface area contributed by atoms with Crippen LogP contribution in [0.3, 0.4) is 0 Å². The van der Waals surface area contributed by atoms with Crippen LogP contribution < -0.4 is 10.9 Å². The number of amides is 1. The maximum absolute atomic E-state index is 12.9. The first-order valence-electron chi connectivity index (χ1n) is 9.22. The number of nitrogens with one attached hydrogen (secondary N) is 2. The summed E-state index contributed by atoms with van der Waals surface area (Å²) in [7, 11) is 0. The molecule has 0 aliphatic carbocycles. The molecule has 2 aromatic carbocycles. The summed E-state index contributed by atoms with van der Waals surface area (Å²) < 4.78 is 1.38. The second kappa shape index (κ2) is 7.67. The van der Waals surface area contributed by atoms with Crippen LogP contribution in [0, 0.1) is 13.8 Å². The number of rotatable bonds is 5. The van der Waals surface area contributed by atoms with Gasteiger partial charge < -0.3 is 5.32 Å². The molecule has 0 aliphatic heterocycles. The Kier molecular flexibility index (Phi) is 4.90. The second-order valence-electron chi connectivity index (χ2n) is 6.76. The summed E-state index contributed by atoms with van der Waals surface area (Å²) in [6.07, 6.45) is 0. The van der Waals surface area contributed by atoms with Gasteiger partial charge in [-0.05, 0) is 31.5 Å². The molecule has 2 heterocycles. The summed E-state index contributed by atoms with van der Waals surface area (Å²) in [4.78, 5) is 34.5. The Morgan fingerprint density at radius 1 is 1.07 bits per heavy atom. The minimum atomic E-state index is -0.530. The van der Waals surface area contributed by atoms with E-state index in [4.69, 9.17) is 0 Å². The van der Waals surface area contributed by atoms with Gasteiger partial charge in [-0.1, -0.05) is 42.5 Å². The lowest BCUT2D eigenvalue weighted by molar-refractivity contribution is -0.122. The molecule has 0 fully saturated rings. The normalized spacial score (nSPS) is 12.1. The molecule has 29 heavy (non-hydrogen) atoms. The Morgan fingerprint density at radius 2 is 1.79 bits per heavy atom. The highest BCUT2D eigenvalue weighted by Gasteiger charge is 2.21. The van der Waals surface area contributed by atoms with Crippen molar-refractivity contribution >= 4 is 16.8 Å². The molecule has 1 atom stereocenters. The van der Waals surface area contributed by atoms with Crippen molar-refractivity contribution < 1.29 is 4.79 Å². The van der Waals surface area contributed by atoms with Gasteiger partial charge in [0.1, 0.15) is 24.2 Å². The van der Waals surface area contributed by atoms with Gasteiger partial charge in [-0.3, -0.25) is 19.3 Å². The molecule has 1 amide bonds. The fourth-order valence-electron chi connectivity index (χ4n) is 3.25. The molecule has 2 aromatic heterocycles. The molecule has 1 unspecified atom stereocenters. The lowest BCUT2D eigenvalue weighted by Crippen LogP contribution is -2.36. The summed E-state index contributed by atoms with van der Waals surface area (Å²) in [6.45, 7) is 3.37. The molecular formula is C21H20N6O2.